The number of methoxy groups -OCH3 is 1. The summed E-state index contributed by atoms with van der Waals surface area (Å²) in [5.41, 5.74) is -0.355. The zero-order chi connectivity index (χ0) is 20.0. The van der Waals surface area contributed by atoms with E-state index in [-0.39, 0.29) is 12.0 Å². The van der Waals surface area contributed by atoms with Crippen LogP contribution in [0, 0.1) is 0 Å². The van der Waals surface area contributed by atoms with E-state index in [1.165, 1.54) is 24.3 Å². The van der Waals surface area contributed by atoms with Crippen LogP contribution in [0.25, 0.3) is 0 Å². The number of aliphatic hydroxyl groups excluding tert-OH is 1. The summed E-state index contributed by atoms with van der Waals surface area (Å²) < 4.78 is 43.1. The number of rotatable bonds is 6. The van der Waals surface area contributed by atoms with Gasteiger partial charge in [0.05, 0.1) is 12.7 Å². The van der Waals surface area contributed by atoms with E-state index in [0.29, 0.717) is 5.56 Å². The highest BCUT2D eigenvalue weighted by molar-refractivity contribution is 5.87. The van der Waals surface area contributed by atoms with Gasteiger partial charge >= 0.3 is 12.1 Å². The minimum absolute atomic E-state index is 0.190. The summed E-state index contributed by atoms with van der Waals surface area (Å²) >= 11 is 0. The van der Waals surface area contributed by atoms with Crippen molar-refractivity contribution < 1.29 is 32.6 Å². The number of amides is 1. The van der Waals surface area contributed by atoms with Crippen molar-refractivity contribution in [1.82, 2.24) is 5.32 Å². The number of benzene rings is 2. The van der Waals surface area contributed by atoms with E-state index in [2.05, 4.69) is 10.1 Å². The summed E-state index contributed by atoms with van der Waals surface area (Å²) in [6, 6.07) is 11.2. The summed E-state index contributed by atoms with van der Waals surface area (Å²) in [7, 11) is 1.10. The van der Waals surface area contributed by atoms with Gasteiger partial charge in [-0.05, 0) is 17.2 Å². The maximum absolute atomic E-state index is 12.8. The molecule has 5 nitrogen and oxygen atoms in total. The van der Waals surface area contributed by atoms with Gasteiger partial charge in [-0.1, -0.05) is 48.5 Å². The monoisotopic (exact) mass is 381 g/mol. The first-order chi connectivity index (χ1) is 12.7. The number of nitrogens with one attached hydrogen (secondary N) is 1. The number of ether oxygens (including phenoxy) is 1. The van der Waals surface area contributed by atoms with Crippen LogP contribution in [-0.4, -0.2) is 30.1 Å². The molecule has 0 aliphatic rings. The molecule has 144 valence electrons. The first kappa shape index (κ1) is 20.4. The fourth-order valence-corrected chi connectivity index (χ4v) is 2.48. The summed E-state index contributed by atoms with van der Waals surface area (Å²) in [6.45, 7) is 0. The van der Waals surface area contributed by atoms with Gasteiger partial charge in [0, 0.05) is 6.42 Å². The van der Waals surface area contributed by atoms with E-state index < -0.39 is 35.8 Å². The molecule has 0 radical (unpaired) electrons. The van der Waals surface area contributed by atoms with Crippen molar-refractivity contribution in [3.8, 4) is 0 Å². The molecule has 1 amide bonds. The molecule has 0 unspecified atom stereocenters. The van der Waals surface area contributed by atoms with Gasteiger partial charge in [-0.25, -0.2) is 4.79 Å². The first-order valence-corrected chi connectivity index (χ1v) is 7.99. The Hall–Kier alpha value is -2.87. The fourth-order valence-electron chi connectivity index (χ4n) is 2.48. The van der Waals surface area contributed by atoms with E-state index in [1.807, 2.05) is 0 Å². The average molecular weight is 381 g/mol. The Bertz CT molecular complexity index is 793. The second-order valence-corrected chi connectivity index (χ2v) is 5.80. The fraction of sp³-hybridized carbons (Fsp3) is 0.263. The number of hydrogen-bond acceptors (Lipinski definition) is 4. The molecule has 0 heterocycles. The van der Waals surface area contributed by atoms with Gasteiger partial charge in [0.2, 0.25) is 0 Å². The van der Waals surface area contributed by atoms with Crippen LogP contribution in [0.3, 0.4) is 0 Å². The lowest BCUT2D eigenvalue weighted by atomic mass is 10.0. The molecule has 0 aromatic heterocycles. The predicted molar refractivity (Wildman–Crippen MR) is 90.5 cm³/mol. The zero-order valence-electron chi connectivity index (χ0n) is 14.4. The van der Waals surface area contributed by atoms with Crippen LogP contribution in [0.1, 0.15) is 22.8 Å². The number of carbonyl (C=O) groups is 2. The van der Waals surface area contributed by atoms with Crippen molar-refractivity contribution in [2.24, 2.45) is 0 Å². The normalized spacial score (nSPS) is 13.5. The van der Waals surface area contributed by atoms with Crippen molar-refractivity contribution >= 4 is 11.9 Å². The number of hydrogen-bond donors (Lipinski definition) is 2. The highest BCUT2D eigenvalue weighted by Gasteiger charge is 2.31. The van der Waals surface area contributed by atoms with Crippen LogP contribution in [0.5, 0.6) is 0 Å². The summed E-state index contributed by atoms with van der Waals surface area (Å²) in [5.74, 6) is -1.69. The maximum atomic E-state index is 12.8. The molecule has 2 atom stereocenters. The van der Waals surface area contributed by atoms with Crippen molar-refractivity contribution in [2.45, 2.75) is 24.7 Å². The van der Waals surface area contributed by atoms with Gasteiger partial charge in [0.1, 0.15) is 6.04 Å². The molecular formula is C19H18F3NO4. The summed E-state index contributed by atoms with van der Waals surface area (Å²) in [5, 5.41) is 12.4. The van der Waals surface area contributed by atoms with Crippen LogP contribution in [0.2, 0.25) is 0 Å². The average Bonchev–Trinajstić information content (AvgIpc) is 2.66. The van der Waals surface area contributed by atoms with Crippen LogP contribution in [-0.2, 0) is 26.9 Å². The molecule has 2 N–H and O–H groups in total. The van der Waals surface area contributed by atoms with Gasteiger partial charge in [-0.3, -0.25) is 4.79 Å². The van der Waals surface area contributed by atoms with Crippen molar-refractivity contribution in [1.29, 1.82) is 0 Å². The van der Waals surface area contributed by atoms with E-state index in [0.717, 1.165) is 19.2 Å². The Morgan fingerprint density at radius 2 is 1.78 bits per heavy atom. The SMILES string of the molecule is COC(=O)[C@@H](Cc1cccc(C(F)(F)F)c1)NC(=O)[C@@H](O)c1ccccc1. The molecule has 0 aliphatic carbocycles. The molecule has 0 saturated heterocycles. The molecule has 0 bridgehead atoms. The molecular weight excluding hydrogens is 363 g/mol. The van der Waals surface area contributed by atoms with Crippen LogP contribution < -0.4 is 5.32 Å². The lowest BCUT2D eigenvalue weighted by molar-refractivity contribution is -0.146. The third kappa shape index (κ3) is 5.55. The largest absolute Gasteiger partial charge is 0.467 e. The Morgan fingerprint density at radius 1 is 1.11 bits per heavy atom. The molecule has 2 aromatic rings. The smallest absolute Gasteiger partial charge is 0.416 e. The standard InChI is InChI=1S/C19H18F3NO4/c1-27-18(26)15(11-12-6-5-9-14(10-12)19(20,21)22)23-17(25)16(24)13-7-3-2-4-8-13/h2-10,15-16,24H,11H2,1H3,(H,23,25)/t15-,16+/m1/s1. The van der Waals surface area contributed by atoms with E-state index in [9.17, 15) is 27.9 Å². The Balaban J connectivity index is 2.16. The number of halogens is 3. The summed E-state index contributed by atoms with van der Waals surface area (Å²) in [4.78, 5) is 24.2. The van der Waals surface area contributed by atoms with Crippen LogP contribution in [0.15, 0.2) is 54.6 Å². The Morgan fingerprint density at radius 3 is 2.37 bits per heavy atom. The molecule has 2 aromatic carbocycles. The number of aliphatic hydroxyl groups is 1. The third-order valence-corrected chi connectivity index (χ3v) is 3.86. The number of carbonyl (C=O) groups excluding carboxylic acids is 2. The van der Waals surface area contributed by atoms with E-state index in [4.69, 9.17) is 0 Å². The second-order valence-electron chi connectivity index (χ2n) is 5.80. The third-order valence-electron chi connectivity index (χ3n) is 3.86. The van der Waals surface area contributed by atoms with Crippen LogP contribution in [0.4, 0.5) is 13.2 Å². The quantitative estimate of drug-likeness (QED) is 0.755. The van der Waals surface area contributed by atoms with Crippen molar-refractivity contribution in [2.75, 3.05) is 7.11 Å². The summed E-state index contributed by atoms with van der Waals surface area (Å²) in [6.07, 6.45) is -6.27. The second kappa shape index (κ2) is 8.68. The molecule has 0 aliphatic heterocycles. The zero-order valence-corrected chi connectivity index (χ0v) is 14.4. The Kier molecular flexibility index (Phi) is 6.57. The maximum Gasteiger partial charge on any atom is 0.416 e. The molecule has 0 fully saturated rings. The molecule has 2 rings (SSSR count). The first-order valence-electron chi connectivity index (χ1n) is 7.99. The molecule has 0 saturated carbocycles. The molecule has 0 spiro atoms. The van der Waals surface area contributed by atoms with Gasteiger partial charge < -0.3 is 15.2 Å². The number of esters is 1. The van der Waals surface area contributed by atoms with Gasteiger partial charge in [0.15, 0.2) is 6.10 Å². The highest BCUT2D eigenvalue weighted by atomic mass is 19.4. The predicted octanol–water partition coefficient (Wildman–Crippen LogP) is 2.64. The van der Waals surface area contributed by atoms with Crippen molar-refractivity contribution in [3.05, 3.63) is 71.3 Å². The number of alkyl halides is 3. The minimum Gasteiger partial charge on any atom is -0.467 e. The van der Waals surface area contributed by atoms with Gasteiger partial charge in [-0.2, -0.15) is 13.2 Å². The van der Waals surface area contributed by atoms with Crippen molar-refractivity contribution in [3.63, 3.8) is 0 Å². The topological polar surface area (TPSA) is 75.6 Å². The van der Waals surface area contributed by atoms with Gasteiger partial charge in [0.25, 0.3) is 5.91 Å². The lowest BCUT2D eigenvalue weighted by Crippen LogP contribution is -2.45. The highest BCUT2D eigenvalue weighted by Crippen LogP contribution is 2.29. The molecule has 8 heteroatoms. The van der Waals surface area contributed by atoms with Crippen LogP contribution >= 0.6 is 0 Å². The van der Waals surface area contributed by atoms with E-state index in [1.54, 1.807) is 18.2 Å². The Labute approximate surface area is 153 Å². The van der Waals surface area contributed by atoms with E-state index >= 15 is 0 Å². The minimum atomic E-state index is -4.52. The van der Waals surface area contributed by atoms with Gasteiger partial charge in [-0.15, -0.1) is 0 Å². The molecule has 27 heavy (non-hydrogen) atoms. The lowest BCUT2D eigenvalue weighted by Gasteiger charge is -2.19.